The van der Waals surface area contributed by atoms with Crippen LogP contribution in [0.3, 0.4) is 0 Å². The zero-order chi connectivity index (χ0) is 8.97. The van der Waals surface area contributed by atoms with Crippen molar-refractivity contribution in [2.24, 2.45) is 0 Å². The normalized spacial score (nSPS) is 11.2. The first-order valence-electron chi connectivity index (χ1n) is 3.72. The second-order valence-electron chi connectivity index (χ2n) is 2.51. The van der Waals surface area contributed by atoms with Crippen LogP contribution in [0, 0.1) is 0 Å². The van der Waals surface area contributed by atoms with Crippen molar-refractivity contribution in [1.82, 2.24) is 0 Å². The molecule has 0 unspecified atom stereocenters. The largest absolute Gasteiger partial charge is 0.497 e. The number of methoxy groups -OCH3 is 1. The second kappa shape index (κ2) is 3.77. The molecule has 1 rings (SSSR count). The average Bonchev–Trinajstić information content (AvgIpc) is 2.09. The van der Waals surface area contributed by atoms with Gasteiger partial charge in [-0.05, 0) is 16.5 Å². The van der Waals surface area contributed by atoms with E-state index < -0.39 is 0 Å². The molecule has 0 heterocycles. The maximum Gasteiger partial charge on any atom is 0.112 e. The Morgan fingerprint density at radius 2 is 2.08 bits per heavy atom. The number of rotatable bonds is 2. The van der Waals surface area contributed by atoms with Crippen LogP contribution >= 0.6 is 0 Å². The second-order valence-corrected chi connectivity index (χ2v) is 2.51. The Hall–Kier alpha value is -1.50. The highest BCUT2D eigenvalue weighted by molar-refractivity contribution is 5.41. The quantitative estimate of drug-likeness (QED) is 0.587. The molecule has 0 saturated heterocycles. The van der Waals surface area contributed by atoms with Crippen molar-refractivity contribution in [1.29, 1.82) is 0 Å². The summed E-state index contributed by atoms with van der Waals surface area (Å²) < 4.78 is 4.93. The fraction of sp³-hybridized carbons (Fsp3) is 0.0909. The van der Waals surface area contributed by atoms with Crippen molar-refractivity contribution >= 4 is 12.7 Å². The van der Waals surface area contributed by atoms with E-state index in [4.69, 9.17) is 4.74 Å². The van der Waals surface area contributed by atoms with Crippen LogP contribution in [0.5, 0.6) is 0 Å². The lowest BCUT2D eigenvalue weighted by atomic mass is 10.2. The highest BCUT2D eigenvalue weighted by Gasteiger charge is 1.84. The maximum atomic E-state index is 4.93. The van der Waals surface area contributed by atoms with Crippen LogP contribution < -0.4 is 10.4 Å². The van der Waals surface area contributed by atoms with Gasteiger partial charge < -0.3 is 4.74 Å². The van der Waals surface area contributed by atoms with Crippen LogP contribution in [-0.4, -0.2) is 7.11 Å². The molecule has 0 aliphatic heterocycles. The first-order chi connectivity index (χ1) is 5.74. The molecule has 0 spiro atoms. The van der Waals surface area contributed by atoms with Crippen LogP contribution in [-0.2, 0) is 4.74 Å². The fourth-order valence-corrected chi connectivity index (χ4v) is 0.907. The minimum Gasteiger partial charge on any atom is -0.497 e. The summed E-state index contributed by atoms with van der Waals surface area (Å²) >= 11 is 0. The zero-order valence-electron chi connectivity index (χ0n) is 7.21. The van der Waals surface area contributed by atoms with Gasteiger partial charge in [-0.25, -0.2) is 0 Å². The fourth-order valence-electron chi connectivity index (χ4n) is 0.907. The Kier molecular flexibility index (Phi) is 2.70. The lowest BCUT2D eigenvalue weighted by molar-refractivity contribution is 0.315. The van der Waals surface area contributed by atoms with Gasteiger partial charge in [0.15, 0.2) is 0 Å². The lowest BCUT2D eigenvalue weighted by Crippen LogP contribution is -2.21. The van der Waals surface area contributed by atoms with Crippen molar-refractivity contribution in [3.05, 3.63) is 47.0 Å². The molecular weight excluding hydrogens is 148 g/mol. The van der Waals surface area contributed by atoms with Gasteiger partial charge in [-0.1, -0.05) is 37.4 Å². The van der Waals surface area contributed by atoms with Crippen molar-refractivity contribution in [3.63, 3.8) is 0 Å². The van der Waals surface area contributed by atoms with Gasteiger partial charge in [0.05, 0.1) is 7.11 Å². The molecule has 0 atom stereocenters. The molecule has 12 heavy (non-hydrogen) atoms. The van der Waals surface area contributed by atoms with Crippen molar-refractivity contribution in [2.75, 3.05) is 7.11 Å². The molecule has 1 aromatic rings. The van der Waals surface area contributed by atoms with E-state index in [1.54, 1.807) is 7.11 Å². The molecule has 1 nitrogen and oxygen atoms in total. The number of allylic oxidation sites excluding steroid dienone is 1. The molecule has 62 valence electrons. The molecule has 0 amide bonds. The number of benzene rings is 1. The van der Waals surface area contributed by atoms with Gasteiger partial charge in [0.2, 0.25) is 0 Å². The van der Waals surface area contributed by atoms with E-state index in [-0.39, 0.29) is 0 Å². The van der Waals surface area contributed by atoms with E-state index in [9.17, 15) is 0 Å². The summed E-state index contributed by atoms with van der Waals surface area (Å²) in [6.07, 6.45) is 1.86. The van der Waals surface area contributed by atoms with E-state index >= 15 is 0 Å². The van der Waals surface area contributed by atoms with Gasteiger partial charge in [0.25, 0.3) is 0 Å². The third kappa shape index (κ3) is 1.99. The highest BCUT2D eigenvalue weighted by atomic mass is 16.5. The Morgan fingerprint density at radius 1 is 1.42 bits per heavy atom. The van der Waals surface area contributed by atoms with Crippen LogP contribution in [0.1, 0.15) is 0 Å². The molecule has 0 bridgehead atoms. The lowest BCUT2D eigenvalue weighted by Gasteiger charge is -1.95. The average molecular weight is 160 g/mol. The molecule has 0 aliphatic rings. The maximum absolute atomic E-state index is 4.93. The molecule has 1 heteroatoms. The summed E-state index contributed by atoms with van der Waals surface area (Å²) in [5.74, 6) is 0.645. The number of hydrogen-bond acceptors (Lipinski definition) is 1. The Labute approximate surface area is 72.3 Å². The van der Waals surface area contributed by atoms with Gasteiger partial charge in [-0.2, -0.15) is 0 Å². The molecule has 0 fully saturated rings. The highest BCUT2D eigenvalue weighted by Crippen LogP contribution is 1.89. The van der Waals surface area contributed by atoms with E-state index in [2.05, 4.69) is 13.2 Å². The number of ether oxygens (including phenoxy) is 1. The van der Waals surface area contributed by atoms with E-state index in [1.165, 1.54) is 0 Å². The Balaban J connectivity index is 3.19. The van der Waals surface area contributed by atoms with E-state index in [0.29, 0.717) is 5.76 Å². The van der Waals surface area contributed by atoms with Crippen LogP contribution in [0.4, 0.5) is 0 Å². The predicted octanol–water partition coefficient (Wildman–Crippen LogP) is 1.04. The van der Waals surface area contributed by atoms with Gasteiger partial charge in [0, 0.05) is 0 Å². The molecule has 0 radical (unpaired) electrons. The monoisotopic (exact) mass is 160 g/mol. The zero-order valence-corrected chi connectivity index (χ0v) is 7.21. The summed E-state index contributed by atoms with van der Waals surface area (Å²) in [6.45, 7) is 7.58. The van der Waals surface area contributed by atoms with Gasteiger partial charge >= 0.3 is 0 Å². The molecule has 1 aromatic carbocycles. The third-order valence-electron chi connectivity index (χ3n) is 1.63. The van der Waals surface area contributed by atoms with Crippen molar-refractivity contribution in [2.45, 2.75) is 0 Å². The molecule has 0 aliphatic carbocycles. The summed E-state index contributed by atoms with van der Waals surface area (Å²) in [5, 5.41) is 2.03. The minimum atomic E-state index is 0.645. The SMILES string of the molecule is C=C(/C=c1/ccccc1=C)OC. The van der Waals surface area contributed by atoms with Crippen molar-refractivity contribution < 1.29 is 4.74 Å². The summed E-state index contributed by atoms with van der Waals surface area (Å²) in [5.41, 5.74) is 0. The molecular formula is C11H12O. The van der Waals surface area contributed by atoms with Crippen molar-refractivity contribution in [3.8, 4) is 0 Å². The van der Waals surface area contributed by atoms with Gasteiger partial charge in [-0.3, -0.25) is 0 Å². The first-order valence-corrected chi connectivity index (χ1v) is 3.72. The third-order valence-corrected chi connectivity index (χ3v) is 1.63. The van der Waals surface area contributed by atoms with Crippen LogP contribution in [0.2, 0.25) is 0 Å². The molecule has 0 aromatic heterocycles. The summed E-state index contributed by atoms with van der Waals surface area (Å²) in [7, 11) is 1.60. The Morgan fingerprint density at radius 3 is 2.67 bits per heavy atom. The van der Waals surface area contributed by atoms with Crippen LogP contribution in [0.15, 0.2) is 36.6 Å². The predicted molar refractivity (Wildman–Crippen MR) is 51.8 cm³/mol. The summed E-state index contributed by atoms with van der Waals surface area (Å²) in [4.78, 5) is 0. The first kappa shape index (κ1) is 8.60. The topological polar surface area (TPSA) is 9.23 Å². The van der Waals surface area contributed by atoms with Gasteiger partial charge in [0.1, 0.15) is 5.76 Å². The van der Waals surface area contributed by atoms with E-state index in [0.717, 1.165) is 10.4 Å². The van der Waals surface area contributed by atoms with Gasteiger partial charge in [-0.15, -0.1) is 0 Å². The van der Waals surface area contributed by atoms with Crippen LogP contribution in [0.25, 0.3) is 12.7 Å². The van der Waals surface area contributed by atoms with E-state index in [1.807, 2.05) is 30.3 Å². The standard InChI is InChI=1S/C11H12O/c1-9-6-4-5-7-11(9)8-10(2)12-3/h4-8H,1-2H2,3H3/b11-8-. The molecule has 0 N–H and O–H groups in total. The Bertz CT molecular complexity index is 376. The minimum absolute atomic E-state index is 0.645. The number of hydrogen-bond donors (Lipinski definition) is 0. The smallest absolute Gasteiger partial charge is 0.112 e. The molecule has 0 saturated carbocycles. The summed E-state index contributed by atoms with van der Waals surface area (Å²) in [6, 6.07) is 7.85.